The third kappa shape index (κ3) is 4.91. The molecule has 0 saturated carbocycles. The Labute approximate surface area is 195 Å². The maximum Gasteiger partial charge on any atom is 0.278 e. The number of nitrogens with one attached hydrogen (secondary N) is 2. The first-order chi connectivity index (χ1) is 15.6. The summed E-state index contributed by atoms with van der Waals surface area (Å²) in [6.07, 6.45) is 0.791. The second kappa shape index (κ2) is 9.71. The van der Waals surface area contributed by atoms with E-state index in [1.807, 2.05) is 6.92 Å². The summed E-state index contributed by atoms with van der Waals surface area (Å²) >= 11 is 1.03. The normalized spacial score (nSPS) is 14.6. The summed E-state index contributed by atoms with van der Waals surface area (Å²) in [6.45, 7) is 4.12. The van der Waals surface area contributed by atoms with E-state index in [4.69, 9.17) is 0 Å². The average Bonchev–Trinajstić information content (AvgIpc) is 3.14. The van der Waals surface area contributed by atoms with Crippen LogP contribution in [0.1, 0.15) is 47.1 Å². The topological polar surface area (TPSA) is 146 Å². The molecule has 0 aliphatic carbocycles. The average molecular weight is 493 g/mol. The van der Waals surface area contributed by atoms with Gasteiger partial charge in [0.15, 0.2) is 22.4 Å². The maximum absolute atomic E-state index is 12.9. The van der Waals surface area contributed by atoms with Crippen molar-refractivity contribution >= 4 is 49.8 Å². The van der Waals surface area contributed by atoms with Crippen molar-refractivity contribution in [2.45, 2.75) is 38.0 Å². The summed E-state index contributed by atoms with van der Waals surface area (Å²) in [5.41, 5.74) is -0.304. The second-order valence-electron chi connectivity index (χ2n) is 7.32. The number of aliphatic hydroxyl groups excluding tert-OH is 1. The Balaban J connectivity index is 1.79. The number of fused-ring (bicyclic) bond motifs is 1. The number of ketones is 1. The molecule has 1 aliphatic rings. The fourth-order valence-corrected chi connectivity index (χ4v) is 5.47. The molecule has 0 fully saturated rings. The van der Waals surface area contributed by atoms with Gasteiger partial charge in [0, 0.05) is 36.9 Å². The minimum Gasteiger partial charge on any atom is -0.505 e. The zero-order chi connectivity index (χ0) is 24.3. The van der Waals surface area contributed by atoms with Crippen molar-refractivity contribution in [2.75, 3.05) is 18.9 Å². The number of carbonyl (C=O) groups excluding carboxylic acids is 3. The van der Waals surface area contributed by atoms with Gasteiger partial charge in [0.05, 0.1) is 4.90 Å². The Bertz CT molecular complexity index is 1250. The molecule has 3 N–H and O–H groups in total. The molecule has 176 valence electrons. The SMILES string of the molecule is CCCNC(=O)CCC(=O)c1nc(NC(=O)C2=C(O)c3ccccc3S(=O)(=O)N2C)sc1C. The summed E-state index contributed by atoms with van der Waals surface area (Å²) in [7, 11) is -2.86. The molecule has 0 atom stereocenters. The summed E-state index contributed by atoms with van der Waals surface area (Å²) in [4.78, 5) is 41.7. The van der Waals surface area contributed by atoms with Gasteiger partial charge in [-0.2, -0.15) is 0 Å². The molecule has 0 saturated heterocycles. The molecule has 10 nitrogen and oxygen atoms in total. The molecule has 1 aliphatic heterocycles. The van der Waals surface area contributed by atoms with Gasteiger partial charge in [-0.15, -0.1) is 11.3 Å². The molecule has 2 aromatic rings. The van der Waals surface area contributed by atoms with Gasteiger partial charge in [0.1, 0.15) is 5.69 Å². The lowest BCUT2D eigenvalue weighted by atomic mass is 10.1. The van der Waals surface area contributed by atoms with Crippen LogP contribution in [0.25, 0.3) is 5.76 Å². The maximum atomic E-state index is 12.9. The van der Waals surface area contributed by atoms with Gasteiger partial charge < -0.3 is 10.4 Å². The number of aliphatic hydroxyl groups is 1. The molecule has 0 spiro atoms. The lowest BCUT2D eigenvalue weighted by molar-refractivity contribution is -0.121. The quantitative estimate of drug-likeness (QED) is 0.480. The number of aryl methyl sites for hydroxylation is 1. The van der Waals surface area contributed by atoms with Crippen LogP contribution in [-0.2, 0) is 19.6 Å². The number of hydrogen-bond acceptors (Lipinski definition) is 8. The standard InChI is InChI=1S/C21H24N4O6S2/c1-4-11-22-16(27)10-9-14(26)17-12(2)32-21(23-17)24-20(29)18-19(28)13-7-5-6-8-15(13)33(30,31)25(18)3/h5-8,28H,4,9-11H2,1-3H3,(H,22,27)(H,23,24,29). The van der Waals surface area contributed by atoms with Gasteiger partial charge in [-0.1, -0.05) is 19.1 Å². The van der Waals surface area contributed by atoms with Crippen molar-refractivity contribution in [1.82, 2.24) is 14.6 Å². The number of aromatic nitrogens is 1. The van der Waals surface area contributed by atoms with E-state index in [2.05, 4.69) is 15.6 Å². The Morgan fingerprint density at radius 3 is 2.58 bits per heavy atom. The minimum absolute atomic E-state index is 0.0216. The molecule has 12 heteroatoms. The van der Waals surface area contributed by atoms with E-state index in [9.17, 15) is 27.9 Å². The van der Waals surface area contributed by atoms with Gasteiger partial charge in [0.2, 0.25) is 5.91 Å². The molecular weight excluding hydrogens is 468 g/mol. The van der Waals surface area contributed by atoms with Crippen molar-refractivity contribution in [3.05, 3.63) is 46.1 Å². The van der Waals surface area contributed by atoms with E-state index in [1.54, 1.807) is 13.0 Å². The van der Waals surface area contributed by atoms with Crippen LogP contribution in [0.2, 0.25) is 0 Å². The lowest BCUT2D eigenvalue weighted by Gasteiger charge is -2.28. The predicted molar refractivity (Wildman–Crippen MR) is 123 cm³/mol. The molecule has 0 bridgehead atoms. The molecule has 0 unspecified atom stereocenters. The lowest BCUT2D eigenvalue weighted by Crippen LogP contribution is -2.37. The van der Waals surface area contributed by atoms with Crippen LogP contribution in [0.15, 0.2) is 34.9 Å². The number of likely N-dealkylation sites (N-methyl/N-ethyl adjacent to an activating group) is 1. The monoisotopic (exact) mass is 492 g/mol. The molecule has 0 radical (unpaired) electrons. The first kappa shape index (κ1) is 24.4. The fourth-order valence-electron chi connectivity index (χ4n) is 3.25. The first-order valence-corrected chi connectivity index (χ1v) is 12.4. The van der Waals surface area contributed by atoms with Crippen LogP contribution in [0.5, 0.6) is 0 Å². The van der Waals surface area contributed by atoms with Crippen LogP contribution in [0, 0.1) is 6.92 Å². The number of hydrogen-bond donors (Lipinski definition) is 3. The van der Waals surface area contributed by atoms with E-state index in [1.165, 1.54) is 25.2 Å². The molecule has 2 amide bonds. The molecular formula is C21H24N4O6S2. The predicted octanol–water partition coefficient (Wildman–Crippen LogP) is 2.44. The van der Waals surface area contributed by atoms with Gasteiger partial charge in [0.25, 0.3) is 15.9 Å². The third-order valence-corrected chi connectivity index (χ3v) is 7.67. The number of thiazole rings is 1. The van der Waals surface area contributed by atoms with Crippen molar-refractivity contribution in [3.8, 4) is 0 Å². The summed E-state index contributed by atoms with van der Waals surface area (Å²) in [5.74, 6) is -1.94. The largest absolute Gasteiger partial charge is 0.505 e. The Morgan fingerprint density at radius 2 is 1.88 bits per heavy atom. The molecule has 1 aromatic carbocycles. The number of sulfonamides is 1. The van der Waals surface area contributed by atoms with E-state index in [-0.39, 0.29) is 45.8 Å². The number of nitrogens with zero attached hydrogens (tertiary/aromatic N) is 2. The number of benzene rings is 1. The second-order valence-corrected chi connectivity index (χ2v) is 10.5. The van der Waals surface area contributed by atoms with Crippen molar-refractivity contribution in [3.63, 3.8) is 0 Å². The van der Waals surface area contributed by atoms with E-state index in [0.29, 0.717) is 15.7 Å². The molecule has 33 heavy (non-hydrogen) atoms. The Hall–Kier alpha value is -3.25. The Kier molecular flexibility index (Phi) is 7.18. The van der Waals surface area contributed by atoms with Crippen molar-refractivity contribution in [1.29, 1.82) is 0 Å². The van der Waals surface area contributed by atoms with Crippen molar-refractivity contribution in [2.24, 2.45) is 0 Å². The van der Waals surface area contributed by atoms with Crippen LogP contribution >= 0.6 is 11.3 Å². The summed E-state index contributed by atoms with van der Waals surface area (Å²) in [5, 5.41) is 15.8. The zero-order valence-electron chi connectivity index (χ0n) is 18.3. The van der Waals surface area contributed by atoms with E-state index < -0.39 is 27.4 Å². The highest BCUT2D eigenvalue weighted by Crippen LogP contribution is 2.35. The fraction of sp³-hybridized carbons (Fsp3) is 0.333. The summed E-state index contributed by atoms with van der Waals surface area (Å²) in [6, 6.07) is 5.82. The summed E-state index contributed by atoms with van der Waals surface area (Å²) < 4.78 is 26.2. The van der Waals surface area contributed by atoms with E-state index >= 15 is 0 Å². The molecule has 3 rings (SSSR count). The van der Waals surface area contributed by atoms with Gasteiger partial charge in [-0.05, 0) is 25.5 Å². The number of Topliss-reactive ketones (excluding diaryl/α,β-unsaturated/α-hetero) is 1. The van der Waals surface area contributed by atoms with Crippen LogP contribution < -0.4 is 10.6 Å². The smallest absolute Gasteiger partial charge is 0.278 e. The first-order valence-electron chi connectivity index (χ1n) is 10.2. The molecule has 2 heterocycles. The minimum atomic E-state index is -4.03. The number of carbonyl (C=O) groups is 3. The van der Waals surface area contributed by atoms with Crippen LogP contribution in [0.3, 0.4) is 0 Å². The highest BCUT2D eigenvalue weighted by atomic mass is 32.2. The zero-order valence-corrected chi connectivity index (χ0v) is 20.0. The Morgan fingerprint density at radius 1 is 1.18 bits per heavy atom. The number of rotatable bonds is 8. The van der Waals surface area contributed by atoms with Crippen molar-refractivity contribution < 1.29 is 27.9 Å². The van der Waals surface area contributed by atoms with Gasteiger partial charge >= 0.3 is 0 Å². The van der Waals surface area contributed by atoms with Crippen LogP contribution in [-0.4, -0.2) is 54.0 Å². The van der Waals surface area contributed by atoms with Crippen LogP contribution in [0.4, 0.5) is 5.13 Å². The van der Waals surface area contributed by atoms with Gasteiger partial charge in [-0.3, -0.25) is 24.0 Å². The van der Waals surface area contributed by atoms with Gasteiger partial charge in [-0.25, -0.2) is 13.4 Å². The van der Waals surface area contributed by atoms with E-state index in [0.717, 1.165) is 17.8 Å². The number of anilines is 1. The number of amides is 2. The highest BCUT2D eigenvalue weighted by Gasteiger charge is 2.38. The third-order valence-electron chi connectivity index (χ3n) is 4.97. The molecule has 1 aromatic heterocycles. The highest BCUT2D eigenvalue weighted by molar-refractivity contribution is 7.89.